The van der Waals surface area contributed by atoms with E-state index in [2.05, 4.69) is 10.1 Å². The van der Waals surface area contributed by atoms with Crippen LogP contribution in [0.2, 0.25) is 0 Å². The predicted molar refractivity (Wildman–Crippen MR) is 89.4 cm³/mol. The molecule has 150 valence electrons. The van der Waals surface area contributed by atoms with Crippen molar-refractivity contribution in [3.8, 4) is 5.75 Å². The van der Waals surface area contributed by atoms with Crippen molar-refractivity contribution in [3.05, 3.63) is 29.8 Å². The van der Waals surface area contributed by atoms with E-state index in [1.165, 1.54) is 18.2 Å². The first-order valence-electron chi connectivity index (χ1n) is 8.60. The highest BCUT2D eigenvalue weighted by Crippen LogP contribution is 2.24. The molecule has 0 bridgehead atoms. The second-order valence-electron chi connectivity index (χ2n) is 6.43. The third kappa shape index (κ3) is 7.46. The maximum atomic E-state index is 12.2. The topological polar surface area (TPSA) is 84.9 Å². The molecule has 1 fully saturated rings. The Labute approximate surface area is 154 Å². The summed E-state index contributed by atoms with van der Waals surface area (Å²) in [6.45, 7) is -0.392. The van der Waals surface area contributed by atoms with Crippen LogP contribution >= 0.6 is 0 Å². The van der Waals surface area contributed by atoms with Crippen LogP contribution in [0.3, 0.4) is 0 Å². The SMILES string of the molecule is O=C(Cc1cccc(OCC(F)(F)F)c1)NCC(C(=O)O)C1CCOCC1. The maximum Gasteiger partial charge on any atom is 0.422 e. The van der Waals surface area contributed by atoms with Crippen molar-refractivity contribution in [2.45, 2.75) is 25.4 Å². The van der Waals surface area contributed by atoms with Gasteiger partial charge in [0.1, 0.15) is 5.75 Å². The summed E-state index contributed by atoms with van der Waals surface area (Å²) in [5.41, 5.74) is 0.477. The standard InChI is InChI=1S/C18H22F3NO5/c19-18(20,21)11-27-14-3-1-2-12(8-14)9-16(23)22-10-15(17(24)25)13-4-6-26-7-5-13/h1-3,8,13,15H,4-7,9-11H2,(H,22,23)(H,24,25). The van der Waals surface area contributed by atoms with Crippen LogP contribution < -0.4 is 10.1 Å². The van der Waals surface area contributed by atoms with Gasteiger partial charge in [0.2, 0.25) is 5.91 Å². The highest BCUT2D eigenvalue weighted by Gasteiger charge is 2.30. The number of carboxylic acids is 1. The van der Waals surface area contributed by atoms with Gasteiger partial charge in [-0.05, 0) is 36.5 Å². The van der Waals surface area contributed by atoms with Crippen molar-refractivity contribution in [1.82, 2.24) is 5.32 Å². The molecule has 2 N–H and O–H groups in total. The van der Waals surface area contributed by atoms with Crippen molar-refractivity contribution < 1.29 is 37.3 Å². The molecule has 1 aliphatic rings. The molecule has 1 amide bonds. The molecule has 0 saturated carbocycles. The lowest BCUT2D eigenvalue weighted by Crippen LogP contribution is -2.39. The lowest BCUT2D eigenvalue weighted by molar-refractivity contribution is -0.153. The minimum Gasteiger partial charge on any atom is -0.484 e. The zero-order chi connectivity index (χ0) is 19.9. The fourth-order valence-electron chi connectivity index (χ4n) is 2.96. The minimum absolute atomic E-state index is 0.00307. The van der Waals surface area contributed by atoms with Crippen molar-refractivity contribution in [3.63, 3.8) is 0 Å². The lowest BCUT2D eigenvalue weighted by atomic mass is 9.86. The highest BCUT2D eigenvalue weighted by atomic mass is 19.4. The van der Waals surface area contributed by atoms with Gasteiger partial charge in [-0.15, -0.1) is 0 Å². The van der Waals surface area contributed by atoms with E-state index >= 15 is 0 Å². The Bertz CT molecular complexity index is 644. The third-order valence-corrected chi connectivity index (χ3v) is 4.34. The van der Waals surface area contributed by atoms with Gasteiger partial charge in [-0.25, -0.2) is 0 Å². The number of carbonyl (C=O) groups excluding carboxylic acids is 1. The van der Waals surface area contributed by atoms with Crippen LogP contribution in [-0.2, 0) is 20.7 Å². The molecule has 1 aliphatic heterocycles. The van der Waals surface area contributed by atoms with Crippen LogP contribution in [-0.4, -0.2) is 49.5 Å². The lowest BCUT2D eigenvalue weighted by Gasteiger charge is -2.27. The van der Waals surface area contributed by atoms with Gasteiger partial charge in [0.05, 0.1) is 12.3 Å². The zero-order valence-corrected chi connectivity index (χ0v) is 14.6. The second kappa shape index (κ2) is 9.59. The molecule has 2 rings (SSSR count). The number of carboxylic acid groups (broad SMARTS) is 1. The molecule has 27 heavy (non-hydrogen) atoms. The van der Waals surface area contributed by atoms with Crippen molar-refractivity contribution >= 4 is 11.9 Å². The van der Waals surface area contributed by atoms with Crippen molar-refractivity contribution in [1.29, 1.82) is 0 Å². The molecule has 1 unspecified atom stereocenters. The van der Waals surface area contributed by atoms with E-state index in [0.717, 1.165) is 0 Å². The molecule has 9 heteroatoms. The van der Waals surface area contributed by atoms with Crippen LogP contribution in [0.4, 0.5) is 13.2 Å². The molecular weight excluding hydrogens is 367 g/mol. The summed E-state index contributed by atoms with van der Waals surface area (Å²) in [6, 6.07) is 5.82. The Morgan fingerprint density at radius 1 is 1.30 bits per heavy atom. The number of rotatable bonds is 8. The first kappa shape index (κ1) is 21.0. The number of hydrogen-bond acceptors (Lipinski definition) is 4. The van der Waals surface area contributed by atoms with E-state index in [0.29, 0.717) is 31.6 Å². The number of alkyl halides is 3. The van der Waals surface area contributed by atoms with Gasteiger partial charge < -0.3 is 19.9 Å². The van der Waals surface area contributed by atoms with Gasteiger partial charge in [-0.3, -0.25) is 9.59 Å². The Morgan fingerprint density at radius 2 is 2.00 bits per heavy atom. The smallest absolute Gasteiger partial charge is 0.422 e. The number of ether oxygens (including phenoxy) is 2. The van der Waals surface area contributed by atoms with E-state index in [-0.39, 0.29) is 24.6 Å². The average molecular weight is 389 g/mol. The fraction of sp³-hybridized carbons (Fsp3) is 0.556. The highest BCUT2D eigenvalue weighted by molar-refractivity contribution is 5.79. The van der Waals surface area contributed by atoms with Crippen LogP contribution in [0, 0.1) is 11.8 Å². The number of aliphatic carboxylic acids is 1. The summed E-state index contributed by atoms with van der Waals surface area (Å²) in [5, 5.41) is 12.0. The Morgan fingerprint density at radius 3 is 2.63 bits per heavy atom. The van der Waals surface area contributed by atoms with Crippen molar-refractivity contribution in [2.75, 3.05) is 26.4 Å². The fourth-order valence-corrected chi connectivity index (χ4v) is 2.96. The summed E-state index contributed by atoms with van der Waals surface area (Å²) >= 11 is 0. The van der Waals surface area contributed by atoms with Gasteiger partial charge in [0.15, 0.2) is 6.61 Å². The summed E-state index contributed by atoms with van der Waals surface area (Å²) < 4.78 is 46.5. The molecular formula is C18H22F3NO5. The molecule has 1 heterocycles. The van der Waals surface area contributed by atoms with Crippen LogP contribution in [0.5, 0.6) is 5.75 Å². The molecule has 1 saturated heterocycles. The van der Waals surface area contributed by atoms with Gasteiger partial charge in [-0.1, -0.05) is 12.1 Å². The summed E-state index contributed by atoms with van der Waals surface area (Å²) in [4.78, 5) is 23.6. The molecule has 0 radical (unpaired) electrons. The number of benzene rings is 1. The maximum absolute atomic E-state index is 12.2. The van der Waals surface area contributed by atoms with Crippen molar-refractivity contribution in [2.24, 2.45) is 11.8 Å². The quantitative estimate of drug-likeness (QED) is 0.713. The molecule has 6 nitrogen and oxygen atoms in total. The molecule has 0 aliphatic carbocycles. The number of amides is 1. The van der Waals surface area contributed by atoms with Gasteiger partial charge >= 0.3 is 12.1 Å². The molecule has 1 aromatic carbocycles. The third-order valence-electron chi connectivity index (χ3n) is 4.34. The van der Waals surface area contributed by atoms with E-state index in [9.17, 15) is 27.9 Å². The van der Waals surface area contributed by atoms with Crippen LogP contribution in [0.15, 0.2) is 24.3 Å². The summed E-state index contributed by atoms with van der Waals surface area (Å²) in [7, 11) is 0. The number of halogens is 3. The van der Waals surface area contributed by atoms with E-state index < -0.39 is 30.6 Å². The first-order valence-corrected chi connectivity index (χ1v) is 8.60. The average Bonchev–Trinajstić information content (AvgIpc) is 2.60. The van der Waals surface area contributed by atoms with E-state index in [1.54, 1.807) is 6.07 Å². The number of nitrogens with one attached hydrogen (secondary N) is 1. The zero-order valence-electron chi connectivity index (χ0n) is 14.6. The number of carbonyl (C=O) groups is 2. The van der Waals surface area contributed by atoms with E-state index in [4.69, 9.17) is 4.74 Å². The molecule has 0 aromatic heterocycles. The Kier molecular flexibility index (Phi) is 7.46. The van der Waals surface area contributed by atoms with Crippen LogP contribution in [0.25, 0.3) is 0 Å². The second-order valence-corrected chi connectivity index (χ2v) is 6.43. The van der Waals surface area contributed by atoms with Gasteiger partial charge in [0.25, 0.3) is 0 Å². The molecule has 0 spiro atoms. The normalized spacial score (nSPS) is 16.6. The van der Waals surface area contributed by atoms with Gasteiger partial charge in [0, 0.05) is 19.8 Å². The summed E-state index contributed by atoms with van der Waals surface area (Å²) in [6.07, 6.45) is -3.26. The predicted octanol–water partition coefficient (Wildman–Crippen LogP) is 2.41. The first-order chi connectivity index (χ1) is 12.7. The number of hydrogen-bond donors (Lipinski definition) is 2. The molecule has 1 aromatic rings. The summed E-state index contributed by atoms with van der Waals surface area (Å²) in [5.74, 6) is -2.11. The van der Waals surface area contributed by atoms with E-state index in [1.807, 2.05) is 0 Å². The molecule has 1 atom stereocenters. The minimum atomic E-state index is -4.44. The van der Waals surface area contributed by atoms with Crippen LogP contribution in [0.1, 0.15) is 18.4 Å². The largest absolute Gasteiger partial charge is 0.484 e. The Balaban J connectivity index is 1.86. The monoisotopic (exact) mass is 389 g/mol. The Hall–Kier alpha value is -2.29. The van der Waals surface area contributed by atoms with Gasteiger partial charge in [-0.2, -0.15) is 13.2 Å².